The highest BCUT2D eigenvalue weighted by molar-refractivity contribution is 7.99. The highest BCUT2D eigenvalue weighted by Crippen LogP contribution is 2.28. The second kappa shape index (κ2) is 11.3. The van der Waals surface area contributed by atoms with E-state index < -0.39 is 6.10 Å². The lowest BCUT2D eigenvalue weighted by Gasteiger charge is -2.27. The van der Waals surface area contributed by atoms with Gasteiger partial charge in [0, 0.05) is 30.8 Å². The van der Waals surface area contributed by atoms with Crippen LogP contribution in [0.15, 0.2) is 59.8 Å². The smallest absolute Gasteiger partial charge is 0.232 e. The number of ketones is 1. The van der Waals surface area contributed by atoms with E-state index in [4.69, 9.17) is 4.74 Å². The van der Waals surface area contributed by atoms with Crippen LogP contribution in [0.25, 0.3) is 5.69 Å². The second-order valence-corrected chi connectivity index (χ2v) is 9.07. The van der Waals surface area contributed by atoms with Crippen LogP contribution < -0.4 is 9.64 Å². The third-order valence-corrected chi connectivity index (χ3v) is 6.69. The van der Waals surface area contributed by atoms with E-state index in [1.54, 1.807) is 24.3 Å². The molecule has 2 aromatic carbocycles. The van der Waals surface area contributed by atoms with Gasteiger partial charge in [0.05, 0.1) is 11.8 Å². The van der Waals surface area contributed by atoms with Crippen LogP contribution in [0.5, 0.6) is 5.75 Å². The van der Waals surface area contributed by atoms with Crippen LogP contribution >= 0.6 is 11.8 Å². The zero-order chi connectivity index (χ0) is 23.0. The van der Waals surface area contributed by atoms with Crippen LogP contribution in [0.3, 0.4) is 0 Å². The van der Waals surface area contributed by atoms with E-state index in [9.17, 15) is 9.90 Å². The van der Waals surface area contributed by atoms with E-state index in [2.05, 4.69) is 19.7 Å². The monoisotopic (exact) mass is 466 g/mol. The van der Waals surface area contributed by atoms with Gasteiger partial charge in [0.25, 0.3) is 0 Å². The zero-order valence-electron chi connectivity index (χ0n) is 18.9. The van der Waals surface area contributed by atoms with Crippen LogP contribution in [0.1, 0.15) is 43.0 Å². The second-order valence-electron chi connectivity index (χ2n) is 8.08. The lowest BCUT2D eigenvalue weighted by molar-refractivity contribution is 0.0987. The maximum absolute atomic E-state index is 11.7. The highest BCUT2D eigenvalue weighted by Gasteiger charge is 2.22. The van der Waals surface area contributed by atoms with Gasteiger partial charge in [-0.05, 0) is 55.7 Å². The average Bonchev–Trinajstić information content (AvgIpc) is 3.31. The van der Waals surface area contributed by atoms with Crippen molar-refractivity contribution in [1.29, 1.82) is 0 Å². The third-order valence-electron chi connectivity index (χ3n) is 5.61. The molecule has 1 fully saturated rings. The molecule has 0 amide bonds. The van der Waals surface area contributed by atoms with Crippen molar-refractivity contribution in [3.8, 4) is 11.4 Å². The van der Waals surface area contributed by atoms with Gasteiger partial charge in [0.15, 0.2) is 10.9 Å². The fourth-order valence-corrected chi connectivity index (χ4v) is 4.66. The Bertz CT molecular complexity index is 1030. The number of aliphatic hydroxyl groups is 1. The minimum atomic E-state index is -0.675. The molecule has 0 radical (unpaired) electrons. The Morgan fingerprint density at radius 1 is 1.06 bits per heavy atom. The number of Topliss-reactive ketones (excluding diaryl/α,β-unsaturated/α-hetero) is 1. The van der Waals surface area contributed by atoms with Gasteiger partial charge in [-0.15, -0.1) is 10.2 Å². The number of carbonyl (C=O) groups is 1. The first kappa shape index (κ1) is 23.3. The largest absolute Gasteiger partial charge is 0.491 e. The van der Waals surface area contributed by atoms with Crippen molar-refractivity contribution in [2.45, 2.75) is 43.9 Å². The van der Waals surface area contributed by atoms with E-state index in [-0.39, 0.29) is 12.4 Å². The van der Waals surface area contributed by atoms with Gasteiger partial charge in [0.2, 0.25) is 5.95 Å². The normalized spacial score (nSPS) is 14.8. The summed E-state index contributed by atoms with van der Waals surface area (Å²) in [6, 6.07) is 17.1. The summed E-state index contributed by atoms with van der Waals surface area (Å²) >= 11 is 1.47. The molecule has 1 atom stereocenters. The first-order chi connectivity index (χ1) is 16.2. The molecule has 1 aliphatic rings. The minimum absolute atomic E-state index is 0.101. The van der Waals surface area contributed by atoms with Gasteiger partial charge >= 0.3 is 0 Å². The van der Waals surface area contributed by atoms with E-state index in [1.807, 2.05) is 37.3 Å². The Labute approximate surface area is 198 Å². The molecule has 1 aliphatic heterocycles. The maximum Gasteiger partial charge on any atom is 0.232 e. The van der Waals surface area contributed by atoms with Crippen LogP contribution in [-0.4, -0.2) is 57.2 Å². The molecule has 3 aromatic rings. The van der Waals surface area contributed by atoms with Crippen molar-refractivity contribution in [3.63, 3.8) is 0 Å². The molecule has 2 heterocycles. The maximum atomic E-state index is 11.7. The number of ether oxygens (including phenoxy) is 1. The summed E-state index contributed by atoms with van der Waals surface area (Å²) in [5, 5.41) is 20.2. The molecular formula is C25H30N4O3S. The summed E-state index contributed by atoms with van der Waals surface area (Å²) in [7, 11) is 0. The molecule has 1 N–H and O–H groups in total. The summed E-state index contributed by atoms with van der Waals surface area (Å²) in [5.41, 5.74) is 1.68. The first-order valence-electron chi connectivity index (χ1n) is 11.5. The molecule has 8 heteroatoms. The summed E-state index contributed by atoms with van der Waals surface area (Å²) in [5.74, 6) is 2.02. The lowest BCUT2D eigenvalue weighted by atomic mass is 10.1. The molecule has 1 saturated heterocycles. The number of para-hydroxylation sites is 1. The Kier molecular flexibility index (Phi) is 8.01. The Morgan fingerprint density at radius 2 is 1.79 bits per heavy atom. The predicted molar refractivity (Wildman–Crippen MR) is 131 cm³/mol. The quantitative estimate of drug-likeness (QED) is 0.351. The molecule has 4 rings (SSSR count). The van der Waals surface area contributed by atoms with Gasteiger partial charge in [-0.1, -0.05) is 36.9 Å². The summed E-state index contributed by atoms with van der Waals surface area (Å²) in [4.78, 5) is 14.0. The highest BCUT2D eigenvalue weighted by atomic mass is 32.2. The summed E-state index contributed by atoms with van der Waals surface area (Å²) < 4.78 is 7.79. The number of aliphatic hydroxyl groups excluding tert-OH is 1. The molecule has 33 heavy (non-hydrogen) atoms. The van der Waals surface area contributed by atoms with Crippen molar-refractivity contribution < 1.29 is 14.6 Å². The molecule has 0 saturated carbocycles. The van der Waals surface area contributed by atoms with Crippen LogP contribution in [0.2, 0.25) is 0 Å². The van der Waals surface area contributed by atoms with Crippen LogP contribution in [0, 0.1) is 0 Å². The lowest BCUT2D eigenvalue weighted by Crippen LogP contribution is -2.31. The number of piperidine rings is 1. The Hall–Kier alpha value is -2.84. The molecule has 0 spiro atoms. The number of rotatable bonds is 10. The fourth-order valence-electron chi connectivity index (χ4n) is 3.81. The summed E-state index contributed by atoms with van der Waals surface area (Å²) in [6.45, 7) is 3.96. The number of thioether (sulfide) groups is 1. The van der Waals surface area contributed by atoms with Gasteiger partial charge in [-0.25, -0.2) is 0 Å². The van der Waals surface area contributed by atoms with E-state index >= 15 is 0 Å². The minimum Gasteiger partial charge on any atom is -0.491 e. The Morgan fingerprint density at radius 3 is 2.48 bits per heavy atom. The summed E-state index contributed by atoms with van der Waals surface area (Å²) in [6.07, 6.45) is 3.37. The molecule has 1 aromatic heterocycles. The molecular weight excluding hydrogens is 436 g/mol. The standard InChI is InChI=1S/C25H30N4O3S/c1-2-23(31)19-11-13-22(14-12-19)32-17-21(30)18-33-25-27-26-24(28-15-7-4-8-16-28)29(25)20-9-5-3-6-10-20/h3,5-6,9-14,21,30H,2,4,7-8,15-18H2,1H3. The molecule has 7 nitrogen and oxygen atoms in total. The number of benzene rings is 2. The molecule has 0 bridgehead atoms. The number of aromatic nitrogens is 3. The van der Waals surface area contributed by atoms with Gasteiger partial charge < -0.3 is 14.7 Å². The fraction of sp³-hybridized carbons (Fsp3) is 0.400. The average molecular weight is 467 g/mol. The van der Waals surface area contributed by atoms with Gasteiger partial charge in [-0.2, -0.15) is 0 Å². The van der Waals surface area contributed by atoms with Gasteiger partial charge in [-0.3, -0.25) is 9.36 Å². The van der Waals surface area contributed by atoms with Crippen LogP contribution in [0.4, 0.5) is 5.95 Å². The van der Waals surface area contributed by atoms with Crippen molar-refractivity contribution in [2.75, 3.05) is 30.3 Å². The van der Waals surface area contributed by atoms with E-state index in [0.717, 1.165) is 42.7 Å². The number of carbonyl (C=O) groups excluding carboxylic acids is 1. The first-order valence-corrected chi connectivity index (χ1v) is 12.5. The van der Waals surface area contributed by atoms with Crippen molar-refractivity contribution in [1.82, 2.24) is 14.8 Å². The Balaban J connectivity index is 1.39. The van der Waals surface area contributed by atoms with E-state index in [1.165, 1.54) is 18.2 Å². The number of nitrogens with zero attached hydrogens (tertiary/aromatic N) is 4. The van der Waals surface area contributed by atoms with Gasteiger partial charge in [0.1, 0.15) is 12.4 Å². The zero-order valence-corrected chi connectivity index (χ0v) is 19.7. The SMILES string of the molecule is CCC(=O)c1ccc(OCC(O)CSc2nnc(N3CCCCC3)n2-c2ccccc2)cc1. The van der Waals surface area contributed by atoms with E-state index in [0.29, 0.717) is 23.5 Å². The van der Waals surface area contributed by atoms with Crippen molar-refractivity contribution in [2.24, 2.45) is 0 Å². The van der Waals surface area contributed by atoms with Crippen molar-refractivity contribution in [3.05, 3.63) is 60.2 Å². The number of anilines is 1. The number of hydrogen-bond acceptors (Lipinski definition) is 7. The molecule has 1 unspecified atom stereocenters. The number of hydrogen-bond donors (Lipinski definition) is 1. The predicted octanol–water partition coefficient (Wildman–Crippen LogP) is 4.38. The molecule has 174 valence electrons. The molecule has 0 aliphatic carbocycles. The van der Waals surface area contributed by atoms with Crippen LogP contribution in [-0.2, 0) is 0 Å². The van der Waals surface area contributed by atoms with Crippen molar-refractivity contribution >= 4 is 23.5 Å². The third kappa shape index (κ3) is 5.94. The topological polar surface area (TPSA) is 80.5 Å².